The van der Waals surface area contributed by atoms with Crippen molar-refractivity contribution < 1.29 is 0 Å². The average molecular weight is 219 g/mol. The van der Waals surface area contributed by atoms with Crippen molar-refractivity contribution in [2.75, 3.05) is 11.9 Å². The van der Waals surface area contributed by atoms with Gasteiger partial charge in [0.25, 0.3) is 5.56 Å². The Labute approximate surface area is 94.7 Å². The van der Waals surface area contributed by atoms with E-state index in [1.54, 1.807) is 4.68 Å². The maximum Gasteiger partial charge on any atom is 0.290 e. The Morgan fingerprint density at radius 3 is 2.94 bits per heavy atom. The molecule has 4 nitrogen and oxygen atoms in total. The lowest BCUT2D eigenvalue weighted by Crippen LogP contribution is -2.31. The third-order valence-electron chi connectivity index (χ3n) is 3.68. The molecule has 1 aliphatic carbocycles. The molecule has 1 aliphatic heterocycles. The summed E-state index contributed by atoms with van der Waals surface area (Å²) in [4.78, 5) is 12.2. The SMILES string of the molecule is O=c1c2c(cnn1C1CCCC1)CCCN2. The topological polar surface area (TPSA) is 46.9 Å². The molecule has 0 aromatic carbocycles. The molecule has 1 fully saturated rings. The Hall–Kier alpha value is -1.32. The second-order valence-electron chi connectivity index (χ2n) is 4.76. The molecule has 3 rings (SSSR count). The second-order valence-corrected chi connectivity index (χ2v) is 4.76. The van der Waals surface area contributed by atoms with Crippen LogP contribution in [0.4, 0.5) is 5.69 Å². The Morgan fingerprint density at radius 2 is 2.12 bits per heavy atom. The Kier molecular flexibility index (Phi) is 2.42. The fourth-order valence-corrected chi connectivity index (χ4v) is 2.78. The first-order valence-electron chi connectivity index (χ1n) is 6.21. The lowest BCUT2D eigenvalue weighted by Gasteiger charge is -2.19. The molecule has 1 aromatic rings. The van der Waals surface area contributed by atoms with E-state index in [-0.39, 0.29) is 5.56 Å². The smallest absolute Gasteiger partial charge is 0.290 e. The van der Waals surface area contributed by atoms with Crippen LogP contribution in [0.1, 0.15) is 43.7 Å². The van der Waals surface area contributed by atoms with Crippen LogP contribution >= 0.6 is 0 Å². The molecule has 2 aliphatic rings. The molecule has 4 heteroatoms. The first-order chi connectivity index (χ1) is 7.86. The molecule has 1 aromatic heterocycles. The Balaban J connectivity index is 2.03. The predicted octanol–water partition coefficient (Wildman–Crippen LogP) is 1.72. The molecule has 0 amide bonds. The fourth-order valence-electron chi connectivity index (χ4n) is 2.78. The molecule has 0 spiro atoms. The average Bonchev–Trinajstić information content (AvgIpc) is 2.83. The van der Waals surface area contributed by atoms with E-state index in [1.165, 1.54) is 12.8 Å². The van der Waals surface area contributed by atoms with E-state index in [2.05, 4.69) is 10.4 Å². The number of hydrogen-bond donors (Lipinski definition) is 1. The van der Waals surface area contributed by atoms with E-state index < -0.39 is 0 Å². The van der Waals surface area contributed by atoms with Gasteiger partial charge in [-0.15, -0.1) is 0 Å². The van der Waals surface area contributed by atoms with Gasteiger partial charge in [-0.1, -0.05) is 12.8 Å². The highest BCUT2D eigenvalue weighted by atomic mass is 16.1. The normalized spacial score (nSPS) is 20.5. The van der Waals surface area contributed by atoms with Gasteiger partial charge in [-0.3, -0.25) is 4.79 Å². The molecule has 2 heterocycles. The highest BCUT2D eigenvalue weighted by Crippen LogP contribution is 2.28. The first-order valence-corrected chi connectivity index (χ1v) is 6.21. The van der Waals surface area contributed by atoms with Gasteiger partial charge in [-0.2, -0.15) is 5.10 Å². The number of nitrogens with one attached hydrogen (secondary N) is 1. The van der Waals surface area contributed by atoms with E-state index in [0.717, 1.165) is 43.5 Å². The summed E-state index contributed by atoms with van der Waals surface area (Å²) < 4.78 is 1.70. The predicted molar refractivity (Wildman–Crippen MR) is 62.8 cm³/mol. The molecule has 0 saturated heterocycles. The first kappa shape index (κ1) is 9.87. The summed E-state index contributed by atoms with van der Waals surface area (Å²) >= 11 is 0. The highest BCUT2D eigenvalue weighted by molar-refractivity contribution is 5.49. The zero-order valence-corrected chi connectivity index (χ0v) is 9.41. The summed E-state index contributed by atoms with van der Waals surface area (Å²) in [5.74, 6) is 0. The minimum atomic E-state index is 0.0871. The number of anilines is 1. The third kappa shape index (κ3) is 1.52. The number of rotatable bonds is 1. The van der Waals surface area contributed by atoms with E-state index in [1.807, 2.05) is 6.20 Å². The molecule has 0 radical (unpaired) electrons. The largest absolute Gasteiger partial charge is 0.380 e. The minimum absolute atomic E-state index is 0.0871. The van der Waals surface area contributed by atoms with Crippen molar-refractivity contribution in [3.8, 4) is 0 Å². The second kappa shape index (κ2) is 3.92. The quantitative estimate of drug-likeness (QED) is 0.782. The van der Waals surface area contributed by atoms with Gasteiger partial charge in [0, 0.05) is 12.1 Å². The van der Waals surface area contributed by atoms with Crippen molar-refractivity contribution in [3.05, 3.63) is 22.1 Å². The zero-order valence-electron chi connectivity index (χ0n) is 9.41. The summed E-state index contributed by atoms with van der Waals surface area (Å²) in [6.07, 6.45) is 8.61. The summed E-state index contributed by atoms with van der Waals surface area (Å²) in [6, 6.07) is 0.335. The van der Waals surface area contributed by atoms with E-state index in [9.17, 15) is 4.79 Å². The van der Waals surface area contributed by atoms with Gasteiger partial charge >= 0.3 is 0 Å². The van der Waals surface area contributed by atoms with Crippen molar-refractivity contribution in [2.45, 2.75) is 44.6 Å². The number of aromatic nitrogens is 2. The lowest BCUT2D eigenvalue weighted by molar-refractivity contribution is 0.442. The summed E-state index contributed by atoms with van der Waals surface area (Å²) in [5.41, 5.74) is 1.97. The molecule has 1 saturated carbocycles. The summed E-state index contributed by atoms with van der Waals surface area (Å²) in [6.45, 7) is 0.914. The van der Waals surface area contributed by atoms with E-state index >= 15 is 0 Å². The van der Waals surface area contributed by atoms with Crippen molar-refractivity contribution in [1.29, 1.82) is 0 Å². The van der Waals surface area contributed by atoms with Crippen LogP contribution < -0.4 is 10.9 Å². The molecule has 1 N–H and O–H groups in total. The Morgan fingerprint density at radius 1 is 1.31 bits per heavy atom. The maximum absolute atomic E-state index is 12.2. The van der Waals surface area contributed by atoms with Gasteiger partial charge in [0.1, 0.15) is 5.69 Å². The van der Waals surface area contributed by atoms with Crippen LogP contribution in [-0.2, 0) is 6.42 Å². The van der Waals surface area contributed by atoms with Crippen LogP contribution in [0.5, 0.6) is 0 Å². The third-order valence-corrected chi connectivity index (χ3v) is 3.68. The molecule has 0 atom stereocenters. The highest BCUT2D eigenvalue weighted by Gasteiger charge is 2.22. The van der Waals surface area contributed by atoms with Crippen LogP contribution in [0, 0.1) is 0 Å². The van der Waals surface area contributed by atoms with Crippen molar-refractivity contribution in [1.82, 2.24) is 9.78 Å². The molecular weight excluding hydrogens is 202 g/mol. The van der Waals surface area contributed by atoms with Crippen LogP contribution in [0.2, 0.25) is 0 Å². The van der Waals surface area contributed by atoms with Crippen LogP contribution in [-0.4, -0.2) is 16.3 Å². The summed E-state index contributed by atoms with van der Waals surface area (Å²) in [7, 11) is 0. The van der Waals surface area contributed by atoms with E-state index in [0.29, 0.717) is 6.04 Å². The zero-order chi connectivity index (χ0) is 11.0. The van der Waals surface area contributed by atoms with Crippen molar-refractivity contribution >= 4 is 5.69 Å². The fraction of sp³-hybridized carbons (Fsp3) is 0.667. The van der Waals surface area contributed by atoms with Crippen molar-refractivity contribution in [2.24, 2.45) is 0 Å². The lowest BCUT2D eigenvalue weighted by atomic mass is 10.1. The monoisotopic (exact) mass is 219 g/mol. The molecular formula is C12H17N3O. The minimum Gasteiger partial charge on any atom is -0.380 e. The van der Waals surface area contributed by atoms with Gasteiger partial charge in [0.2, 0.25) is 0 Å². The Bertz CT molecular complexity index is 446. The number of fused-ring (bicyclic) bond motifs is 1. The van der Waals surface area contributed by atoms with Gasteiger partial charge in [-0.05, 0) is 25.7 Å². The summed E-state index contributed by atoms with van der Waals surface area (Å²) in [5, 5.41) is 7.56. The molecule has 16 heavy (non-hydrogen) atoms. The van der Waals surface area contributed by atoms with Crippen LogP contribution in [0.25, 0.3) is 0 Å². The maximum atomic E-state index is 12.2. The number of hydrogen-bond acceptors (Lipinski definition) is 3. The van der Waals surface area contributed by atoms with Gasteiger partial charge in [0.15, 0.2) is 0 Å². The van der Waals surface area contributed by atoms with Gasteiger partial charge in [-0.25, -0.2) is 4.68 Å². The van der Waals surface area contributed by atoms with Crippen molar-refractivity contribution in [3.63, 3.8) is 0 Å². The van der Waals surface area contributed by atoms with E-state index in [4.69, 9.17) is 0 Å². The molecule has 0 unspecified atom stereocenters. The molecule has 0 bridgehead atoms. The number of nitrogens with zero attached hydrogens (tertiary/aromatic N) is 2. The molecule has 86 valence electrons. The standard InChI is InChI=1S/C12H17N3O/c16-12-11-9(4-3-7-13-11)8-14-15(12)10-5-1-2-6-10/h8,10,13H,1-7H2. The van der Waals surface area contributed by atoms with Crippen LogP contribution in [0.3, 0.4) is 0 Å². The van der Waals surface area contributed by atoms with Crippen LogP contribution in [0.15, 0.2) is 11.0 Å². The number of aryl methyl sites for hydroxylation is 1. The van der Waals surface area contributed by atoms with Gasteiger partial charge in [0.05, 0.1) is 12.2 Å². The van der Waals surface area contributed by atoms with Gasteiger partial charge < -0.3 is 5.32 Å².